The highest BCUT2D eigenvalue weighted by Gasteiger charge is 2.33. The molecule has 0 saturated carbocycles. The van der Waals surface area contributed by atoms with Gasteiger partial charge in [-0.25, -0.2) is 9.79 Å². The van der Waals surface area contributed by atoms with Crippen LogP contribution in [-0.2, 0) is 9.53 Å². The van der Waals surface area contributed by atoms with Crippen LogP contribution in [0.4, 0.5) is 0 Å². The monoisotopic (exact) mass is 577 g/mol. The maximum Gasteiger partial charge on any atom is 0.338 e. The highest BCUT2D eigenvalue weighted by atomic mass is 35.5. The van der Waals surface area contributed by atoms with E-state index < -0.39 is 18.0 Å². The topological polar surface area (TPSA) is 123 Å². The van der Waals surface area contributed by atoms with Crippen LogP contribution in [0.25, 0.3) is 17.4 Å². The van der Waals surface area contributed by atoms with Gasteiger partial charge < -0.3 is 23.8 Å². The number of hydrogen-bond donors (Lipinski definition) is 0. The number of carbonyl (C=O) groups is 2. The van der Waals surface area contributed by atoms with Crippen LogP contribution in [0.15, 0.2) is 80.1 Å². The second-order valence-electron chi connectivity index (χ2n) is 8.76. The van der Waals surface area contributed by atoms with E-state index >= 15 is 0 Å². The van der Waals surface area contributed by atoms with Gasteiger partial charge in [-0.3, -0.25) is 9.36 Å². The summed E-state index contributed by atoms with van der Waals surface area (Å²) in [7, 11) is 1.56. The fraction of sp³-hybridized carbons (Fsp3) is 0.172. The minimum absolute atomic E-state index is 0.0561. The van der Waals surface area contributed by atoms with Crippen LogP contribution in [0.1, 0.15) is 41.6 Å². The molecule has 1 atom stereocenters. The summed E-state index contributed by atoms with van der Waals surface area (Å²) in [5.74, 6) is -0.560. The third-order valence-corrected chi connectivity index (χ3v) is 7.63. The molecule has 4 aromatic rings. The number of fused-ring (bicyclic) bond motifs is 1. The number of hydrogen-bond acceptors (Lipinski definition) is 9. The molecule has 0 aliphatic carbocycles. The minimum atomic E-state index is -1.40. The van der Waals surface area contributed by atoms with Crippen LogP contribution in [0, 0.1) is 0 Å². The summed E-state index contributed by atoms with van der Waals surface area (Å²) in [5, 5.41) is 11.4. The molecule has 0 saturated heterocycles. The van der Waals surface area contributed by atoms with Crippen LogP contribution in [0.5, 0.6) is 5.75 Å². The molecule has 0 N–H and O–H groups in total. The average Bonchev–Trinajstić information content (AvgIpc) is 3.52. The molecule has 40 heavy (non-hydrogen) atoms. The number of benzene rings is 2. The molecule has 1 aliphatic heterocycles. The molecule has 2 aromatic carbocycles. The zero-order chi connectivity index (χ0) is 28.6. The number of halogens is 1. The maximum atomic E-state index is 13.7. The Bertz CT molecular complexity index is 1850. The molecule has 204 valence electrons. The van der Waals surface area contributed by atoms with Crippen molar-refractivity contribution >= 4 is 41.0 Å². The van der Waals surface area contributed by atoms with E-state index in [4.69, 9.17) is 25.5 Å². The van der Waals surface area contributed by atoms with Crippen molar-refractivity contribution in [1.82, 2.24) is 4.57 Å². The van der Waals surface area contributed by atoms with E-state index in [9.17, 15) is 19.5 Å². The van der Waals surface area contributed by atoms with Crippen molar-refractivity contribution in [2.75, 3.05) is 13.7 Å². The van der Waals surface area contributed by atoms with Gasteiger partial charge in [-0.05, 0) is 61.9 Å². The normalized spacial score (nSPS) is 15.0. The average molecular weight is 578 g/mol. The number of esters is 1. The van der Waals surface area contributed by atoms with Gasteiger partial charge in [0.2, 0.25) is 0 Å². The Morgan fingerprint density at radius 3 is 2.60 bits per heavy atom. The number of aromatic carboxylic acids is 1. The van der Waals surface area contributed by atoms with Crippen molar-refractivity contribution in [3.63, 3.8) is 0 Å². The van der Waals surface area contributed by atoms with Gasteiger partial charge in [0.1, 0.15) is 17.3 Å². The van der Waals surface area contributed by atoms with Crippen LogP contribution in [0.2, 0.25) is 5.02 Å². The number of allylic oxidation sites excluding steroid dienone is 1. The SMILES string of the molecule is CCOC(=O)C1=C(C)N=c2s/c(=C\c3ccc(-c4ccc(Cl)c(C(=O)[O-])c4)o3)c(=O)n2[C@H]1c1ccc(OC)cc1. The summed E-state index contributed by atoms with van der Waals surface area (Å²) in [6, 6.07) is 14.1. The number of thiazole rings is 1. The molecule has 5 rings (SSSR count). The lowest BCUT2D eigenvalue weighted by Crippen LogP contribution is -2.39. The molecule has 3 heterocycles. The molecule has 0 spiro atoms. The highest BCUT2D eigenvalue weighted by molar-refractivity contribution is 7.07. The molecule has 9 nitrogen and oxygen atoms in total. The van der Waals surface area contributed by atoms with Gasteiger partial charge >= 0.3 is 5.97 Å². The van der Waals surface area contributed by atoms with Crippen LogP contribution in [0.3, 0.4) is 0 Å². The lowest BCUT2D eigenvalue weighted by molar-refractivity contribution is -0.255. The number of ether oxygens (including phenoxy) is 2. The molecular weight excluding hydrogens is 556 g/mol. The summed E-state index contributed by atoms with van der Waals surface area (Å²) in [6.07, 6.45) is 1.58. The summed E-state index contributed by atoms with van der Waals surface area (Å²) < 4.78 is 18.3. The third kappa shape index (κ3) is 4.99. The zero-order valence-corrected chi connectivity index (χ0v) is 23.2. The fourth-order valence-electron chi connectivity index (χ4n) is 4.44. The first-order valence-corrected chi connectivity index (χ1v) is 13.4. The number of nitrogens with zero attached hydrogens (tertiary/aromatic N) is 2. The quantitative estimate of drug-likeness (QED) is 0.309. The number of rotatable bonds is 7. The largest absolute Gasteiger partial charge is 0.545 e. The summed E-state index contributed by atoms with van der Waals surface area (Å²) >= 11 is 7.11. The van der Waals surface area contributed by atoms with Gasteiger partial charge in [-0.1, -0.05) is 35.1 Å². The Kier molecular flexibility index (Phi) is 7.46. The van der Waals surface area contributed by atoms with Crippen LogP contribution >= 0.6 is 22.9 Å². The van der Waals surface area contributed by atoms with Crippen molar-refractivity contribution in [3.8, 4) is 17.1 Å². The third-order valence-electron chi connectivity index (χ3n) is 6.32. The molecule has 1 aliphatic rings. The van der Waals surface area contributed by atoms with Crippen molar-refractivity contribution in [3.05, 3.63) is 107 Å². The Labute approximate surface area is 236 Å². The number of carboxylic acid groups (broad SMARTS) is 1. The van der Waals surface area contributed by atoms with Crippen molar-refractivity contribution in [2.45, 2.75) is 19.9 Å². The van der Waals surface area contributed by atoms with Crippen molar-refractivity contribution in [1.29, 1.82) is 0 Å². The Morgan fingerprint density at radius 1 is 1.18 bits per heavy atom. The Balaban J connectivity index is 1.61. The summed E-state index contributed by atoms with van der Waals surface area (Å²) in [4.78, 5) is 43.1. The van der Waals surface area contributed by atoms with Gasteiger partial charge in [0, 0.05) is 22.2 Å². The number of aromatic nitrogens is 1. The van der Waals surface area contributed by atoms with Crippen LogP contribution in [-0.4, -0.2) is 30.2 Å². The molecular formula is C29H22ClN2O7S-. The molecule has 2 aromatic heterocycles. The first-order chi connectivity index (χ1) is 19.2. The van der Waals surface area contributed by atoms with E-state index in [2.05, 4.69) is 4.99 Å². The molecule has 0 radical (unpaired) electrons. The van der Waals surface area contributed by atoms with Gasteiger partial charge in [0.15, 0.2) is 4.80 Å². The van der Waals surface area contributed by atoms with Crippen molar-refractivity contribution in [2.24, 2.45) is 4.99 Å². The molecule has 0 fully saturated rings. The maximum absolute atomic E-state index is 13.7. The summed E-state index contributed by atoms with van der Waals surface area (Å²) in [5.41, 5.74) is 1.40. The van der Waals surface area contributed by atoms with E-state index in [0.29, 0.717) is 43.4 Å². The zero-order valence-electron chi connectivity index (χ0n) is 21.6. The minimum Gasteiger partial charge on any atom is -0.545 e. The van der Waals surface area contributed by atoms with Crippen LogP contribution < -0.4 is 24.7 Å². The second kappa shape index (κ2) is 11.0. The van der Waals surface area contributed by atoms with E-state index in [1.54, 1.807) is 69.5 Å². The predicted octanol–water partition coefficient (Wildman–Crippen LogP) is 3.08. The number of methoxy groups -OCH3 is 1. The molecule has 0 bridgehead atoms. The molecule has 0 unspecified atom stereocenters. The summed E-state index contributed by atoms with van der Waals surface area (Å²) in [6.45, 7) is 3.60. The first-order valence-electron chi connectivity index (χ1n) is 12.2. The standard InChI is InChI=1S/C29H23ClN2O7S/c1-4-38-28(36)24-15(2)31-29-32(25(24)16-5-8-18(37-3)9-6-16)26(33)23(40-29)14-19-10-12-22(39-19)17-7-11-21(30)20(13-17)27(34)35/h5-14,25H,4H2,1-3H3,(H,34,35)/p-1/b23-14-/t25-/m0/s1. The van der Waals surface area contributed by atoms with E-state index in [1.807, 2.05) is 0 Å². The molecule has 0 amide bonds. The van der Waals surface area contributed by atoms with Gasteiger partial charge in [0.25, 0.3) is 5.56 Å². The van der Waals surface area contributed by atoms with Gasteiger partial charge in [-0.2, -0.15) is 0 Å². The Morgan fingerprint density at radius 2 is 1.93 bits per heavy atom. The second-order valence-corrected chi connectivity index (χ2v) is 10.2. The van der Waals surface area contributed by atoms with Crippen molar-refractivity contribution < 1.29 is 28.6 Å². The van der Waals surface area contributed by atoms with E-state index in [1.165, 1.54) is 16.7 Å². The van der Waals surface area contributed by atoms with E-state index in [0.717, 1.165) is 11.3 Å². The number of carbonyl (C=O) groups excluding carboxylic acids is 2. The lowest BCUT2D eigenvalue weighted by Gasteiger charge is -2.24. The van der Waals surface area contributed by atoms with Gasteiger partial charge in [-0.15, -0.1) is 0 Å². The smallest absolute Gasteiger partial charge is 0.338 e. The first kappa shape index (κ1) is 27.2. The van der Waals surface area contributed by atoms with Gasteiger partial charge in [0.05, 0.1) is 41.5 Å². The van der Waals surface area contributed by atoms with E-state index in [-0.39, 0.29) is 28.3 Å². The fourth-order valence-corrected chi connectivity index (χ4v) is 5.66. The lowest BCUT2D eigenvalue weighted by atomic mass is 9.96. The predicted molar refractivity (Wildman–Crippen MR) is 147 cm³/mol. The number of carboxylic acids is 1. The highest BCUT2D eigenvalue weighted by Crippen LogP contribution is 2.32. The molecule has 11 heteroatoms. The Hall–Kier alpha value is -4.41. The number of furan rings is 1.